The van der Waals surface area contributed by atoms with Crippen molar-refractivity contribution in [3.8, 4) is 0 Å². The van der Waals surface area contributed by atoms with Gasteiger partial charge >= 0.3 is 0 Å². The molecule has 0 radical (unpaired) electrons. The molecule has 2 N–H and O–H groups in total. The summed E-state index contributed by atoms with van der Waals surface area (Å²) in [6, 6.07) is 8.36. The summed E-state index contributed by atoms with van der Waals surface area (Å²) in [6.07, 6.45) is 3.99. The molecule has 1 spiro atoms. The molecule has 158 valence electrons. The third kappa shape index (κ3) is 3.49. The van der Waals surface area contributed by atoms with Crippen LogP contribution in [-0.4, -0.2) is 61.9 Å². The average molecular weight is 430 g/mol. The number of fused-ring (bicyclic) bond motifs is 1. The normalized spacial score (nSPS) is 17.7. The number of amides is 1. The molecule has 0 atom stereocenters. The van der Waals surface area contributed by atoms with E-state index in [9.17, 15) is 4.79 Å². The number of carbonyl (C=O) groups is 1. The Hall–Kier alpha value is -2.75. The van der Waals surface area contributed by atoms with Gasteiger partial charge in [-0.05, 0) is 12.5 Å². The predicted molar refractivity (Wildman–Crippen MR) is 114 cm³/mol. The molecule has 30 heavy (non-hydrogen) atoms. The van der Waals surface area contributed by atoms with Gasteiger partial charge < -0.3 is 4.90 Å². The highest BCUT2D eigenvalue weighted by Gasteiger charge is 2.48. The highest BCUT2D eigenvalue weighted by molar-refractivity contribution is 5.92. The number of hydrogen-bond acceptors (Lipinski definition) is 7. The number of nitrogens with one attached hydrogen (secondary N) is 1. The van der Waals surface area contributed by atoms with Crippen LogP contribution in [0.4, 0.5) is 5.95 Å². The fourth-order valence-corrected chi connectivity index (χ4v) is 4.66. The lowest BCUT2D eigenvalue weighted by Crippen LogP contribution is -2.57. The van der Waals surface area contributed by atoms with E-state index in [4.69, 9.17) is 10.3 Å². The molecule has 2 aliphatic heterocycles. The number of aryl methyl sites for hydroxylation is 1. The van der Waals surface area contributed by atoms with E-state index >= 15 is 0 Å². The van der Waals surface area contributed by atoms with E-state index in [0.717, 1.165) is 44.8 Å². The van der Waals surface area contributed by atoms with Crippen LogP contribution in [0.3, 0.4) is 0 Å². The largest absolute Gasteiger partial charge is 0.340 e. The van der Waals surface area contributed by atoms with Crippen LogP contribution in [0, 0.1) is 5.41 Å². The number of rotatable bonds is 4. The molecule has 0 bridgehead atoms. The summed E-state index contributed by atoms with van der Waals surface area (Å²) in [7, 11) is 1.99. The minimum atomic E-state index is -0.605. The summed E-state index contributed by atoms with van der Waals surface area (Å²) in [6.45, 7) is 4.77. The number of aromatic nitrogens is 4. The number of carbonyl (C=O) groups excluding carboxylic acids is 1. The Balaban J connectivity index is 0.00000218. The lowest BCUT2D eigenvalue weighted by Gasteiger charge is -2.47. The lowest BCUT2D eigenvalue weighted by molar-refractivity contribution is 0.0109. The highest BCUT2D eigenvalue weighted by atomic mass is 35.5. The second kappa shape index (κ2) is 7.82. The Morgan fingerprint density at radius 2 is 1.93 bits per heavy atom. The van der Waals surface area contributed by atoms with Crippen LogP contribution in [0.1, 0.15) is 22.5 Å². The summed E-state index contributed by atoms with van der Waals surface area (Å²) >= 11 is 0. The second-order valence-corrected chi connectivity index (χ2v) is 8.12. The van der Waals surface area contributed by atoms with Gasteiger partial charge in [-0.15, -0.1) is 12.4 Å². The predicted octanol–water partition coefficient (Wildman–Crippen LogP) is 1.62. The number of hydrogen-bond donors (Lipinski definition) is 2. The van der Waals surface area contributed by atoms with Gasteiger partial charge in [0.15, 0.2) is 0 Å². The van der Waals surface area contributed by atoms with Crippen molar-refractivity contribution >= 4 is 35.2 Å². The van der Waals surface area contributed by atoms with Crippen molar-refractivity contribution in [1.29, 1.82) is 0 Å². The maximum Gasteiger partial charge on any atom is 0.277 e. The molecule has 2 aliphatic rings. The number of anilines is 1. The minimum absolute atomic E-state index is 0. The van der Waals surface area contributed by atoms with Crippen LogP contribution < -0.4 is 10.4 Å². The van der Waals surface area contributed by atoms with Crippen LogP contribution in [0.2, 0.25) is 0 Å². The molecule has 2 saturated heterocycles. The van der Waals surface area contributed by atoms with Crippen molar-refractivity contribution < 1.29 is 10.0 Å². The lowest BCUT2D eigenvalue weighted by atomic mass is 9.79. The average Bonchev–Trinajstić information content (AvgIpc) is 3.30. The molecule has 5 rings (SSSR count). The van der Waals surface area contributed by atoms with E-state index in [-0.39, 0.29) is 23.4 Å². The van der Waals surface area contributed by atoms with Gasteiger partial charge in [-0.25, -0.2) is 15.4 Å². The first kappa shape index (κ1) is 20.5. The number of halogens is 1. The van der Waals surface area contributed by atoms with E-state index in [2.05, 4.69) is 38.0 Å². The quantitative estimate of drug-likeness (QED) is 0.480. The van der Waals surface area contributed by atoms with Crippen molar-refractivity contribution in [1.82, 2.24) is 30.1 Å². The number of nitrogens with zero attached hydrogens (tertiary/aromatic N) is 6. The van der Waals surface area contributed by atoms with Crippen molar-refractivity contribution in [2.45, 2.75) is 13.0 Å². The molecule has 0 aliphatic carbocycles. The van der Waals surface area contributed by atoms with Gasteiger partial charge in [0.25, 0.3) is 5.91 Å². The molecule has 3 aromatic rings. The molecule has 0 saturated carbocycles. The number of benzene rings is 1. The Morgan fingerprint density at radius 3 is 2.67 bits per heavy atom. The van der Waals surface area contributed by atoms with Crippen molar-refractivity contribution in [3.63, 3.8) is 0 Å². The summed E-state index contributed by atoms with van der Waals surface area (Å²) in [5, 5.41) is 14.6. The van der Waals surface area contributed by atoms with Crippen molar-refractivity contribution in [2.75, 3.05) is 31.1 Å². The first-order valence-corrected chi connectivity index (χ1v) is 9.71. The molecule has 9 nitrogen and oxygen atoms in total. The van der Waals surface area contributed by atoms with Gasteiger partial charge in [0.05, 0.1) is 16.8 Å². The Bertz CT molecular complexity index is 1060. The van der Waals surface area contributed by atoms with Crippen LogP contribution >= 0.6 is 12.4 Å². The highest BCUT2D eigenvalue weighted by Crippen LogP contribution is 2.41. The summed E-state index contributed by atoms with van der Waals surface area (Å²) < 4.78 is 1.95. The molecular weight excluding hydrogens is 406 g/mol. The van der Waals surface area contributed by atoms with E-state index in [0.29, 0.717) is 5.95 Å². The number of para-hydroxylation sites is 1. The summed E-state index contributed by atoms with van der Waals surface area (Å²) in [4.78, 5) is 24.6. The Kier molecular flexibility index (Phi) is 5.35. The van der Waals surface area contributed by atoms with E-state index < -0.39 is 5.91 Å². The van der Waals surface area contributed by atoms with Gasteiger partial charge in [0.2, 0.25) is 5.95 Å². The molecule has 1 amide bonds. The van der Waals surface area contributed by atoms with E-state index in [1.54, 1.807) is 5.48 Å². The van der Waals surface area contributed by atoms with Crippen molar-refractivity contribution in [2.24, 2.45) is 12.5 Å². The van der Waals surface area contributed by atoms with Gasteiger partial charge in [0.1, 0.15) is 0 Å². The fraction of sp³-hybridized carbons (Fsp3) is 0.400. The van der Waals surface area contributed by atoms with Crippen LogP contribution in [0.25, 0.3) is 10.9 Å². The maximum atomic E-state index is 11.4. The van der Waals surface area contributed by atoms with Crippen molar-refractivity contribution in [3.05, 3.63) is 47.9 Å². The summed E-state index contributed by atoms with van der Waals surface area (Å²) in [5.41, 5.74) is 4.41. The first-order valence-electron chi connectivity index (χ1n) is 9.71. The topological polar surface area (TPSA) is 99.4 Å². The van der Waals surface area contributed by atoms with Gasteiger partial charge in [-0.1, -0.05) is 18.2 Å². The van der Waals surface area contributed by atoms with E-state index in [1.165, 1.54) is 23.3 Å². The molecule has 10 heteroatoms. The minimum Gasteiger partial charge on any atom is -0.340 e. The van der Waals surface area contributed by atoms with Gasteiger partial charge in [-0.3, -0.25) is 19.6 Å². The van der Waals surface area contributed by atoms with Crippen LogP contribution in [-0.2, 0) is 13.6 Å². The zero-order chi connectivity index (χ0) is 20.0. The zero-order valence-corrected chi connectivity index (χ0v) is 17.5. The second-order valence-electron chi connectivity index (χ2n) is 8.12. The number of likely N-dealkylation sites (tertiary alicyclic amines) is 1. The molecular formula is C20H24ClN7O2. The molecule has 2 aromatic heterocycles. The molecule has 4 heterocycles. The molecule has 0 unspecified atom stereocenters. The smallest absolute Gasteiger partial charge is 0.277 e. The van der Waals surface area contributed by atoms with Crippen LogP contribution in [0.5, 0.6) is 0 Å². The standard InChI is InChI=1S/C20H23N7O2.ClH/c1-25-17-5-3-2-4-15(17)16(23-25)10-26-11-20(12-26)6-7-27(13-20)19-21-8-14(9-22-19)18(28)24-29;/h2-5,8-9,29H,6-7,10-13H2,1H3,(H,24,28);1H. The summed E-state index contributed by atoms with van der Waals surface area (Å²) in [5.74, 6) is 0.0247. The van der Waals surface area contributed by atoms with Gasteiger partial charge in [-0.2, -0.15) is 5.10 Å². The molecule has 2 fully saturated rings. The third-order valence-electron chi connectivity index (χ3n) is 6.05. The first-order chi connectivity index (χ1) is 14.1. The Labute approximate surface area is 180 Å². The molecule has 1 aromatic carbocycles. The van der Waals surface area contributed by atoms with E-state index in [1.807, 2.05) is 17.8 Å². The number of hydroxylamine groups is 1. The maximum absolute atomic E-state index is 11.4. The SMILES string of the molecule is Cl.Cn1nc(CN2CC3(CCN(c4ncc(C(=O)NO)cn4)C3)C2)c2ccccc21. The van der Waals surface area contributed by atoms with Gasteiger partial charge in [0, 0.05) is 63.0 Å². The monoisotopic (exact) mass is 429 g/mol. The van der Waals surface area contributed by atoms with Crippen LogP contribution in [0.15, 0.2) is 36.7 Å². The zero-order valence-electron chi connectivity index (χ0n) is 16.7. The Morgan fingerprint density at radius 1 is 1.20 bits per heavy atom. The third-order valence-corrected chi connectivity index (χ3v) is 6.05. The fourth-order valence-electron chi connectivity index (χ4n) is 4.66.